The summed E-state index contributed by atoms with van der Waals surface area (Å²) < 4.78 is 0. The molecule has 0 saturated carbocycles. The van der Waals surface area contributed by atoms with Gasteiger partial charge in [0.2, 0.25) is 0 Å². The minimum atomic E-state index is -0.202. The third kappa shape index (κ3) is 3.57. The van der Waals surface area contributed by atoms with Crippen LogP contribution in [-0.4, -0.2) is 0 Å². The van der Waals surface area contributed by atoms with Gasteiger partial charge in [-0.15, -0.1) is 0 Å². The highest BCUT2D eigenvalue weighted by Gasteiger charge is 2.25. The van der Waals surface area contributed by atoms with E-state index in [0.29, 0.717) is 0 Å². The van der Waals surface area contributed by atoms with E-state index < -0.39 is 0 Å². The molecule has 1 heteroatoms. The number of rotatable bonds is 5. The fraction of sp³-hybridized carbons (Fsp3) is 0.625. The number of nitrogens with two attached hydrogens (primary N) is 1. The summed E-state index contributed by atoms with van der Waals surface area (Å²) in [6, 6.07) is 6.59. The lowest BCUT2D eigenvalue weighted by Crippen LogP contribution is -2.36. The Morgan fingerprint density at radius 3 is 2.29 bits per heavy atom. The topological polar surface area (TPSA) is 26.0 Å². The lowest BCUT2D eigenvalue weighted by Gasteiger charge is -2.31. The van der Waals surface area contributed by atoms with Crippen molar-refractivity contribution in [2.24, 2.45) is 11.7 Å². The molecule has 1 rings (SSSR count). The van der Waals surface area contributed by atoms with Crippen molar-refractivity contribution in [1.82, 2.24) is 0 Å². The fourth-order valence-electron chi connectivity index (χ4n) is 2.64. The van der Waals surface area contributed by atoms with Gasteiger partial charge in [0.1, 0.15) is 0 Å². The Balaban J connectivity index is 2.99. The summed E-state index contributed by atoms with van der Waals surface area (Å²) in [5.74, 6) is 0.727. The molecule has 1 aromatic rings. The Kier molecular flexibility index (Phi) is 4.76. The normalized spacial score (nSPS) is 15.0. The maximum Gasteiger partial charge on any atom is 0.0386 e. The molecule has 0 aromatic heterocycles. The van der Waals surface area contributed by atoms with E-state index >= 15 is 0 Å². The zero-order valence-corrected chi connectivity index (χ0v) is 12.0. The van der Waals surface area contributed by atoms with Crippen molar-refractivity contribution in [3.8, 4) is 0 Å². The van der Waals surface area contributed by atoms with E-state index in [1.165, 1.54) is 29.5 Å². The first kappa shape index (κ1) is 14.2. The van der Waals surface area contributed by atoms with Crippen LogP contribution < -0.4 is 5.73 Å². The maximum absolute atomic E-state index is 6.56. The molecule has 17 heavy (non-hydrogen) atoms. The van der Waals surface area contributed by atoms with Crippen molar-refractivity contribution in [3.05, 3.63) is 34.9 Å². The third-order valence-corrected chi connectivity index (χ3v) is 3.88. The number of benzene rings is 1. The Hall–Kier alpha value is -0.820. The predicted octanol–water partition coefficient (Wildman–Crippen LogP) is 4.30. The van der Waals surface area contributed by atoms with Crippen LogP contribution in [0.4, 0.5) is 0 Å². The summed E-state index contributed by atoms with van der Waals surface area (Å²) in [6.45, 7) is 11.0. The van der Waals surface area contributed by atoms with Crippen LogP contribution in [0.5, 0.6) is 0 Å². The highest BCUT2D eigenvalue weighted by molar-refractivity contribution is 5.35. The van der Waals surface area contributed by atoms with Crippen LogP contribution in [0.25, 0.3) is 0 Å². The second-order valence-electron chi connectivity index (χ2n) is 5.62. The largest absolute Gasteiger partial charge is 0.322 e. The number of aryl methyl sites for hydroxylation is 2. The minimum absolute atomic E-state index is 0.202. The second kappa shape index (κ2) is 5.68. The standard InChI is InChI=1S/C16H27N/c1-6-14(7-2)11-16(5,17)15-10-12(3)8-9-13(15)4/h8-10,14H,6-7,11,17H2,1-5H3. The van der Waals surface area contributed by atoms with Gasteiger partial charge in [-0.1, -0.05) is 50.5 Å². The lowest BCUT2D eigenvalue weighted by atomic mass is 9.79. The highest BCUT2D eigenvalue weighted by atomic mass is 14.7. The number of hydrogen-bond acceptors (Lipinski definition) is 1. The summed E-state index contributed by atoms with van der Waals surface area (Å²) in [5, 5.41) is 0. The molecule has 0 aliphatic heterocycles. The molecular formula is C16H27N. The third-order valence-electron chi connectivity index (χ3n) is 3.88. The second-order valence-corrected chi connectivity index (χ2v) is 5.62. The van der Waals surface area contributed by atoms with Gasteiger partial charge in [0, 0.05) is 5.54 Å². The molecule has 0 saturated heterocycles. The van der Waals surface area contributed by atoms with Crippen molar-refractivity contribution in [3.63, 3.8) is 0 Å². The first-order valence-electron chi connectivity index (χ1n) is 6.77. The first-order valence-corrected chi connectivity index (χ1v) is 6.77. The van der Waals surface area contributed by atoms with E-state index in [2.05, 4.69) is 52.8 Å². The predicted molar refractivity (Wildman–Crippen MR) is 76.1 cm³/mol. The van der Waals surface area contributed by atoms with E-state index in [1.807, 2.05) is 0 Å². The average molecular weight is 233 g/mol. The van der Waals surface area contributed by atoms with E-state index in [1.54, 1.807) is 0 Å². The van der Waals surface area contributed by atoms with Crippen LogP contribution >= 0.6 is 0 Å². The zero-order valence-electron chi connectivity index (χ0n) is 12.0. The van der Waals surface area contributed by atoms with E-state index in [0.717, 1.165) is 12.3 Å². The molecule has 96 valence electrons. The molecule has 0 aliphatic carbocycles. The molecule has 0 fully saturated rings. The molecule has 1 nitrogen and oxygen atoms in total. The van der Waals surface area contributed by atoms with Gasteiger partial charge >= 0.3 is 0 Å². The zero-order chi connectivity index (χ0) is 13.1. The molecule has 1 unspecified atom stereocenters. The van der Waals surface area contributed by atoms with Gasteiger partial charge in [-0.2, -0.15) is 0 Å². The van der Waals surface area contributed by atoms with Crippen molar-refractivity contribution in [2.75, 3.05) is 0 Å². The Morgan fingerprint density at radius 2 is 1.76 bits per heavy atom. The fourth-order valence-corrected chi connectivity index (χ4v) is 2.64. The van der Waals surface area contributed by atoms with Gasteiger partial charge in [-0.05, 0) is 44.2 Å². The van der Waals surface area contributed by atoms with E-state index in [4.69, 9.17) is 5.73 Å². The van der Waals surface area contributed by atoms with Crippen molar-refractivity contribution in [2.45, 2.75) is 59.4 Å². The molecule has 0 heterocycles. The summed E-state index contributed by atoms with van der Waals surface area (Å²) >= 11 is 0. The van der Waals surface area contributed by atoms with Gasteiger partial charge in [-0.25, -0.2) is 0 Å². The van der Waals surface area contributed by atoms with Crippen molar-refractivity contribution in [1.29, 1.82) is 0 Å². The van der Waals surface area contributed by atoms with Gasteiger partial charge in [0.25, 0.3) is 0 Å². The first-order chi connectivity index (χ1) is 7.90. The van der Waals surface area contributed by atoms with Crippen LogP contribution in [0, 0.1) is 19.8 Å². The Morgan fingerprint density at radius 1 is 1.18 bits per heavy atom. The number of hydrogen-bond donors (Lipinski definition) is 1. The smallest absolute Gasteiger partial charge is 0.0386 e. The average Bonchev–Trinajstić information content (AvgIpc) is 2.29. The maximum atomic E-state index is 6.56. The SMILES string of the molecule is CCC(CC)CC(C)(N)c1cc(C)ccc1C. The Bertz CT molecular complexity index is 362. The Labute approximate surface area is 106 Å². The van der Waals surface area contributed by atoms with E-state index in [-0.39, 0.29) is 5.54 Å². The summed E-state index contributed by atoms with van der Waals surface area (Å²) in [7, 11) is 0. The summed E-state index contributed by atoms with van der Waals surface area (Å²) in [5.41, 5.74) is 10.3. The van der Waals surface area contributed by atoms with Gasteiger partial charge in [0.15, 0.2) is 0 Å². The van der Waals surface area contributed by atoms with Crippen LogP contribution in [0.2, 0.25) is 0 Å². The van der Waals surface area contributed by atoms with E-state index in [9.17, 15) is 0 Å². The van der Waals surface area contributed by atoms with Gasteiger partial charge in [-0.3, -0.25) is 0 Å². The highest BCUT2D eigenvalue weighted by Crippen LogP contribution is 2.31. The van der Waals surface area contributed by atoms with Crippen LogP contribution in [0.15, 0.2) is 18.2 Å². The summed E-state index contributed by atoms with van der Waals surface area (Å²) in [6.07, 6.45) is 3.51. The molecule has 1 atom stereocenters. The quantitative estimate of drug-likeness (QED) is 0.806. The van der Waals surface area contributed by atoms with Gasteiger partial charge < -0.3 is 5.73 Å². The monoisotopic (exact) mass is 233 g/mol. The van der Waals surface area contributed by atoms with Crippen LogP contribution in [0.1, 0.15) is 56.7 Å². The van der Waals surface area contributed by atoms with Crippen LogP contribution in [-0.2, 0) is 5.54 Å². The molecule has 0 bridgehead atoms. The molecule has 2 N–H and O–H groups in total. The molecule has 0 aliphatic rings. The molecule has 1 aromatic carbocycles. The van der Waals surface area contributed by atoms with Crippen LogP contribution in [0.3, 0.4) is 0 Å². The van der Waals surface area contributed by atoms with Crippen molar-refractivity contribution < 1.29 is 0 Å². The minimum Gasteiger partial charge on any atom is -0.322 e. The molecular weight excluding hydrogens is 206 g/mol. The van der Waals surface area contributed by atoms with Gasteiger partial charge in [0.05, 0.1) is 0 Å². The summed E-state index contributed by atoms with van der Waals surface area (Å²) in [4.78, 5) is 0. The molecule has 0 spiro atoms. The molecule has 0 radical (unpaired) electrons. The lowest BCUT2D eigenvalue weighted by molar-refractivity contribution is 0.328. The van der Waals surface area contributed by atoms with Crippen molar-refractivity contribution >= 4 is 0 Å². The molecule has 0 amide bonds.